The smallest absolute Gasteiger partial charge is 0.220 e. The van der Waals surface area contributed by atoms with Crippen LogP contribution in [0.5, 0.6) is 0 Å². The third-order valence-corrected chi connectivity index (χ3v) is 4.23. The Morgan fingerprint density at radius 3 is 2.25 bits per heavy atom. The van der Waals surface area contributed by atoms with Crippen molar-refractivity contribution in [2.75, 3.05) is 6.54 Å². The molecule has 114 valence electrons. The molecule has 1 rings (SSSR count). The minimum Gasteiger partial charge on any atom is -0.349 e. The van der Waals surface area contributed by atoms with Crippen molar-refractivity contribution >= 4 is 34.2 Å². The van der Waals surface area contributed by atoms with Crippen LogP contribution in [0.15, 0.2) is 28.7 Å². The highest BCUT2D eigenvalue weighted by Gasteiger charge is 2.25. The van der Waals surface area contributed by atoms with E-state index in [9.17, 15) is 4.79 Å². The summed E-state index contributed by atoms with van der Waals surface area (Å²) in [5.41, 5.74) is 6.71. The van der Waals surface area contributed by atoms with Crippen LogP contribution in [0.3, 0.4) is 0 Å². The van der Waals surface area contributed by atoms with Crippen molar-refractivity contribution in [2.45, 2.75) is 45.1 Å². The van der Waals surface area contributed by atoms with Gasteiger partial charge in [0.2, 0.25) is 5.91 Å². The largest absolute Gasteiger partial charge is 0.349 e. The maximum Gasteiger partial charge on any atom is 0.220 e. The second-order valence-corrected chi connectivity index (χ2v) is 5.78. The van der Waals surface area contributed by atoms with Gasteiger partial charge in [0.25, 0.3) is 0 Å². The maximum absolute atomic E-state index is 12.0. The Bertz CT molecular complexity index is 397. The van der Waals surface area contributed by atoms with Crippen molar-refractivity contribution in [1.82, 2.24) is 5.32 Å². The van der Waals surface area contributed by atoms with Gasteiger partial charge >= 0.3 is 0 Å². The lowest BCUT2D eigenvalue weighted by Crippen LogP contribution is -2.52. The first-order chi connectivity index (χ1) is 9.05. The minimum atomic E-state index is -0.239. The van der Waals surface area contributed by atoms with E-state index in [-0.39, 0.29) is 23.9 Å². The average Bonchev–Trinajstić information content (AvgIpc) is 2.44. The van der Waals surface area contributed by atoms with Crippen molar-refractivity contribution in [3.63, 3.8) is 0 Å². The number of nitrogens with two attached hydrogens (primary N) is 1. The van der Waals surface area contributed by atoms with Crippen LogP contribution in [0, 0.1) is 0 Å². The number of aryl methyl sites for hydroxylation is 1. The number of hydrogen-bond acceptors (Lipinski definition) is 2. The predicted octanol–water partition coefficient (Wildman–Crippen LogP) is 3.44. The first kappa shape index (κ1) is 19.4. The summed E-state index contributed by atoms with van der Waals surface area (Å²) in [6.45, 7) is 4.61. The molecule has 3 N–H and O–H groups in total. The molecule has 1 amide bonds. The predicted molar refractivity (Wildman–Crippen MR) is 90.2 cm³/mol. The normalized spacial score (nSPS) is 10.8. The van der Waals surface area contributed by atoms with Crippen molar-refractivity contribution in [1.29, 1.82) is 0 Å². The summed E-state index contributed by atoms with van der Waals surface area (Å²) in [4.78, 5) is 12.0. The van der Waals surface area contributed by atoms with Gasteiger partial charge in [-0.15, -0.1) is 12.4 Å². The first-order valence-corrected chi connectivity index (χ1v) is 7.60. The molecule has 0 spiro atoms. The minimum absolute atomic E-state index is 0. The summed E-state index contributed by atoms with van der Waals surface area (Å²) in [5, 5.41) is 3.09. The van der Waals surface area contributed by atoms with Gasteiger partial charge in [-0.25, -0.2) is 0 Å². The van der Waals surface area contributed by atoms with E-state index in [1.54, 1.807) is 0 Å². The molecule has 0 aromatic heterocycles. The Labute approximate surface area is 136 Å². The standard InChI is InChI=1S/C15H23BrN2O.ClH/c1-3-15(4-2,11-17)18-14(19)10-7-12-5-8-13(16)9-6-12;/h5-6,8-9H,3-4,7,10-11,17H2,1-2H3,(H,18,19);1H. The van der Waals surface area contributed by atoms with E-state index in [0.717, 1.165) is 23.7 Å². The molecule has 0 unspecified atom stereocenters. The number of carbonyl (C=O) groups is 1. The molecule has 1 aromatic carbocycles. The third kappa shape index (κ3) is 5.81. The van der Waals surface area contributed by atoms with E-state index in [1.807, 2.05) is 24.3 Å². The Morgan fingerprint density at radius 2 is 1.80 bits per heavy atom. The van der Waals surface area contributed by atoms with Crippen LogP contribution in [0.1, 0.15) is 38.7 Å². The number of amides is 1. The van der Waals surface area contributed by atoms with Gasteiger partial charge in [-0.1, -0.05) is 41.9 Å². The van der Waals surface area contributed by atoms with Crippen LogP contribution in [-0.4, -0.2) is 18.0 Å². The quantitative estimate of drug-likeness (QED) is 0.779. The molecule has 20 heavy (non-hydrogen) atoms. The van der Waals surface area contributed by atoms with Gasteiger partial charge in [0.15, 0.2) is 0 Å². The zero-order valence-corrected chi connectivity index (χ0v) is 14.5. The van der Waals surface area contributed by atoms with Crippen LogP contribution < -0.4 is 11.1 Å². The highest BCUT2D eigenvalue weighted by atomic mass is 79.9. The van der Waals surface area contributed by atoms with Gasteiger partial charge < -0.3 is 11.1 Å². The second-order valence-electron chi connectivity index (χ2n) is 4.87. The molecule has 3 nitrogen and oxygen atoms in total. The average molecular weight is 364 g/mol. The fourth-order valence-electron chi connectivity index (χ4n) is 2.03. The molecule has 1 aromatic rings. The first-order valence-electron chi connectivity index (χ1n) is 6.80. The molecule has 0 aliphatic rings. The molecule has 5 heteroatoms. The molecule has 0 atom stereocenters. The summed E-state index contributed by atoms with van der Waals surface area (Å²) in [7, 11) is 0. The van der Waals surface area contributed by atoms with E-state index in [1.165, 1.54) is 5.56 Å². The molecule has 0 saturated heterocycles. The van der Waals surface area contributed by atoms with E-state index in [2.05, 4.69) is 35.1 Å². The summed E-state index contributed by atoms with van der Waals surface area (Å²) in [6, 6.07) is 8.06. The molecule has 0 aliphatic carbocycles. The van der Waals surface area contributed by atoms with Crippen LogP contribution in [0.4, 0.5) is 0 Å². The van der Waals surface area contributed by atoms with Crippen LogP contribution in [0.2, 0.25) is 0 Å². The van der Waals surface area contributed by atoms with E-state index in [4.69, 9.17) is 5.73 Å². The van der Waals surface area contributed by atoms with E-state index >= 15 is 0 Å². The lowest BCUT2D eigenvalue weighted by molar-refractivity contribution is -0.123. The number of carbonyl (C=O) groups excluding carboxylic acids is 1. The number of benzene rings is 1. The third-order valence-electron chi connectivity index (χ3n) is 3.70. The van der Waals surface area contributed by atoms with Crippen molar-refractivity contribution < 1.29 is 4.79 Å². The molecular weight excluding hydrogens is 340 g/mol. The summed E-state index contributed by atoms with van der Waals surface area (Å²) >= 11 is 3.40. The van der Waals surface area contributed by atoms with Gasteiger partial charge in [0, 0.05) is 17.4 Å². The molecule has 0 aliphatic heterocycles. The fourth-order valence-corrected chi connectivity index (χ4v) is 2.30. The van der Waals surface area contributed by atoms with Crippen molar-refractivity contribution in [2.24, 2.45) is 5.73 Å². The van der Waals surface area contributed by atoms with Crippen molar-refractivity contribution in [3.05, 3.63) is 34.3 Å². The lowest BCUT2D eigenvalue weighted by atomic mass is 9.92. The van der Waals surface area contributed by atoms with Crippen molar-refractivity contribution in [3.8, 4) is 0 Å². The van der Waals surface area contributed by atoms with Crippen LogP contribution in [0.25, 0.3) is 0 Å². The highest BCUT2D eigenvalue weighted by Crippen LogP contribution is 2.15. The monoisotopic (exact) mass is 362 g/mol. The maximum atomic E-state index is 12.0. The summed E-state index contributed by atoms with van der Waals surface area (Å²) in [5.74, 6) is 0.0806. The molecule has 0 radical (unpaired) electrons. The Kier molecular flexibility index (Phi) is 9.10. The number of rotatable bonds is 7. The second kappa shape index (κ2) is 9.37. The molecule has 0 saturated carbocycles. The van der Waals surface area contributed by atoms with Gasteiger partial charge in [0.1, 0.15) is 0 Å². The van der Waals surface area contributed by atoms with Gasteiger partial charge in [0.05, 0.1) is 5.54 Å². The van der Waals surface area contributed by atoms with E-state index in [0.29, 0.717) is 13.0 Å². The zero-order valence-electron chi connectivity index (χ0n) is 12.1. The topological polar surface area (TPSA) is 55.1 Å². The molecule has 0 heterocycles. The number of nitrogens with one attached hydrogen (secondary N) is 1. The summed E-state index contributed by atoms with van der Waals surface area (Å²) in [6.07, 6.45) is 2.99. The van der Waals surface area contributed by atoms with Gasteiger partial charge in [-0.05, 0) is 37.0 Å². The Balaban J connectivity index is 0.00000361. The number of hydrogen-bond donors (Lipinski definition) is 2. The highest BCUT2D eigenvalue weighted by molar-refractivity contribution is 9.10. The molecular formula is C15H24BrClN2O. The number of halogens is 2. The van der Waals surface area contributed by atoms with Crippen LogP contribution >= 0.6 is 28.3 Å². The Morgan fingerprint density at radius 1 is 1.25 bits per heavy atom. The molecule has 0 fully saturated rings. The van der Waals surface area contributed by atoms with Gasteiger partial charge in [-0.2, -0.15) is 0 Å². The lowest BCUT2D eigenvalue weighted by Gasteiger charge is -2.31. The SMILES string of the molecule is CCC(CC)(CN)NC(=O)CCc1ccc(Br)cc1.Cl. The fraction of sp³-hybridized carbons (Fsp3) is 0.533. The van der Waals surface area contributed by atoms with Crippen LogP contribution in [-0.2, 0) is 11.2 Å². The zero-order chi connectivity index (χ0) is 14.3. The molecule has 0 bridgehead atoms. The summed E-state index contributed by atoms with van der Waals surface area (Å²) < 4.78 is 1.06. The Hall–Kier alpha value is -0.580. The van der Waals surface area contributed by atoms with Gasteiger partial charge in [-0.3, -0.25) is 4.79 Å². The van der Waals surface area contributed by atoms with E-state index < -0.39 is 0 Å².